The van der Waals surface area contributed by atoms with Crippen LogP contribution in [0, 0.1) is 0 Å². The summed E-state index contributed by atoms with van der Waals surface area (Å²) >= 11 is 0. The number of methoxy groups -OCH3 is 1. The Bertz CT molecular complexity index is 2830. The van der Waals surface area contributed by atoms with E-state index in [2.05, 4.69) is 0 Å². The number of carbonyl (C=O) groups is 3. The lowest BCUT2D eigenvalue weighted by molar-refractivity contribution is -0.343. The molecule has 2 aliphatic heterocycles. The van der Waals surface area contributed by atoms with Crippen LogP contribution in [0.2, 0.25) is 0 Å². The van der Waals surface area contributed by atoms with Gasteiger partial charge in [-0.3, -0.25) is 0 Å². The van der Waals surface area contributed by atoms with Crippen molar-refractivity contribution in [1.29, 1.82) is 0 Å². The summed E-state index contributed by atoms with van der Waals surface area (Å²) in [7, 11) is 1.36. The average Bonchev–Trinajstić information content (AvgIpc) is 3.48. The number of ether oxygens (including phenoxy) is 11. The fourth-order valence-corrected chi connectivity index (χ4v) is 8.97. The van der Waals surface area contributed by atoms with Crippen molar-refractivity contribution in [1.82, 2.24) is 0 Å². The Kier molecular flexibility index (Phi) is 19.3. The predicted molar refractivity (Wildman–Crippen MR) is 278 cm³/mol. The maximum Gasteiger partial charge on any atom is 0.338 e. The lowest BCUT2D eigenvalue weighted by atomic mass is 9.96. The summed E-state index contributed by atoms with van der Waals surface area (Å²) in [6.45, 7) is 0.495. The van der Waals surface area contributed by atoms with Gasteiger partial charge >= 0.3 is 17.9 Å². The molecule has 10 atom stereocenters. The van der Waals surface area contributed by atoms with E-state index in [0.717, 1.165) is 22.3 Å². The van der Waals surface area contributed by atoms with Crippen LogP contribution in [0.1, 0.15) is 53.3 Å². The van der Waals surface area contributed by atoms with E-state index in [1.165, 1.54) is 7.11 Å². The van der Waals surface area contributed by atoms with E-state index in [-0.39, 0.29) is 56.3 Å². The summed E-state index contributed by atoms with van der Waals surface area (Å²) in [5.41, 5.74) is 4.28. The molecule has 7 aromatic rings. The van der Waals surface area contributed by atoms with Crippen LogP contribution in [0.5, 0.6) is 0 Å². The molecule has 0 radical (unpaired) electrons. The van der Waals surface area contributed by atoms with E-state index in [4.69, 9.17) is 52.1 Å². The number of rotatable bonds is 23. The molecule has 0 aromatic heterocycles. The van der Waals surface area contributed by atoms with Crippen LogP contribution in [-0.4, -0.2) is 99.6 Å². The van der Waals surface area contributed by atoms with Crippen LogP contribution in [-0.2, 0) is 78.5 Å². The molecular weight excluding hydrogens is 969 g/mol. The zero-order valence-electron chi connectivity index (χ0n) is 41.9. The van der Waals surface area contributed by atoms with Crippen LogP contribution < -0.4 is 0 Å². The summed E-state index contributed by atoms with van der Waals surface area (Å²) in [5.74, 6) is -2.32. The van der Waals surface area contributed by atoms with E-state index in [0.29, 0.717) is 0 Å². The second-order valence-electron chi connectivity index (χ2n) is 18.1. The van der Waals surface area contributed by atoms with E-state index in [1.807, 2.05) is 121 Å². The number of hydrogen-bond donors (Lipinski definition) is 0. The highest BCUT2D eigenvalue weighted by Gasteiger charge is 2.55. The lowest BCUT2D eigenvalue weighted by Gasteiger charge is -2.47. The SMILES string of the molecule is CO[C@H]1O[C@H](CO[C@H]2O[C@H](COCc3ccccc3)[C@@H](OCc3ccccc3)[C@H](OCc3ccccc3)[C@@H]2OCc2ccccc2)[C@@H](OC(=O)c2ccccc2)[C@H](OC(=O)c2ccccc2)[C@@H]1OC(=O)c1ccccc1. The largest absolute Gasteiger partial charge is 0.452 e. The zero-order valence-corrected chi connectivity index (χ0v) is 41.9. The number of hydrogen-bond acceptors (Lipinski definition) is 14. The summed E-state index contributed by atoms with van der Waals surface area (Å²) in [6.07, 6.45) is -11.7. The van der Waals surface area contributed by atoms with Gasteiger partial charge < -0.3 is 52.1 Å². The van der Waals surface area contributed by atoms with Gasteiger partial charge in [-0.15, -0.1) is 0 Å². The van der Waals surface area contributed by atoms with E-state index in [1.54, 1.807) is 91.0 Å². The third kappa shape index (κ3) is 14.5. The van der Waals surface area contributed by atoms with Gasteiger partial charge in [-0.2, -0.15) is 0 Å². The van der Waals surface area contributed by atoms with Gasteiger partial charge in [-0.1, -0.05) is 176 Å². The second kappa shape index (κ2) is 27.4. The van der Waals surface area contributed by atoms with Crippen LogP contribution in [0.25, 0.3) is 0 Å². The van der Waals surface area contributed by atoms with Crippen molar-refractivity contribution >= 4 is 17.9 Å². The topological polar surface area (TPSA) is 153 Å². The van der Waals surface area contributed by atoms with Gasteiger partial charge in [0.15, 0.2) is 30.9 Å². The number of benzene rings is 7. The Balaban J connectivity index is 1.08. The van der Waals surface area contributed by atoms with Crippen molar-refractivity contribution in [2.24, 2.45) is 0 Å². The van der Waals surface area contributed by atoms with Crippen molar-refractivity contribution in [3.8, 4) is 0 Å². The Morgan fingerprint density at radius 1 is 0.342 bits per heavy atom. The fraction of sp³-hybridized carbons (Fsp3) is 0.274. The molecule has 2 fully saturated rings. The second-order valence-corrected chi connectivity index (χ2v) is 18.1. The van der Waals surface area contributed by atoms with E-state index >= 15 is 0 Å². The first-order valence-electron chi connectivity index (χ1n) is 25.2. The van der Waals surface area contributed by atoms with Crippen molar-refractivity contribution < 1.29 is 66.5 Å². The Morgan fingerprint density at radius 3 is 1.12 bits per heavy atom. The minimum Gasteiger partial charge on any atom is -0.452 e. The molecule has 0 unspecified atom stereocenters. The van der Waals surface area contributed by atoms with Gasteiger partial charge in [-0.25, -0.2) is 14.4 Å². The molecule has 7 aromatic carbocycles. The van der Waals surface area contributed by atoms with E-state index in [9.17, 15) is 14.4 Å². The van der Waals surface area contributed by atoms with Crippen LogP contribution >= 0.6 is 0 Å². The molecule has 9 rings (SSSR count). The van der Waals surface area contributed by atoms with Gasteiger partial charge in [0.05, 0.1) is 56.3 Å². The average molecular weight is 1030 g/mol. The Morgan fingerprint density at radius 2 is 0.684 bits per heavy atom. The molecule has 14 nitrogen and oxygen atoms in total. The minimum absolute atomic E-state index is 0.0553. The molecule has 0 spiro atoms. The molecule has 0 N–H and O–H groups in total. The maximum atomic E-state index is 14.2. The summed E-state index contributed by atoms with van der Waals surface area (Å²) in [5, 5.41) is 0. The lowest BCUT2D eigenvalue weighted by Crippen LogP contribution is -2.64. The minimum atomic E-state index is -1.52. The molecule has 0 saturated carbocycles. The van der Waals surface area contributed by atoms with Crippen molar-refractivity contribution in [2.45, 2.75) is 87.8 Å². The summed E-state index contributed by atoms with van der Waals surface area (Å²) < 4.78 is 72.2. The smallest absolute Gasteiger partial charge is 0.338 e. The highest BCUT2D eigenvalue weighted by molar-refractivity contribution is 5.91. The first kappa shape index (κ1) is 53.5. The third-order valence-corrected chi connectivity index (χ3v) is 12.8. The van der Waals surface area contributed by atoms with Gasteiger partial charge in [0.25, 0.3) is 0 Å². The molecule has 2 aliphatic rings. The van der Waals surface area contributed by atoms with Gasteiger partial charge in [0, 0.05) is 7.11 Å². The fourth-order valence-electron chi connectivity index (χ4n) is 8.97. The Hall–Kier alpha value is -7.37. The molecular formula is C62H60O14. The summed E-state index contributed by atoms with van der Waals surface area (Å²) in [6, 6.07) is 63.9. The van der Waals surface area contributed by atoms with Crippen LogP contribution in [0.3, 0.4) is 0 Å². The van der Waals surface area contributed by atoms with Gasteiger partial charge in [-0.05, 0) is 58.7 Å². The first-order chi connectivity index (χ1) is 37.4. The standard InChI is InChI=1S/C62H60O14/c1-66-61-57(76-60(65)49-35-21-8-22-36-49)55(75-59(64)48-33-19-7-20-34-48)53(74-58(63)47-31-17-6-18-32-47)51(72-61)42-71-62-56(70-40-46-29-15-5-16-30-46)54(69-39-45-27-13-4-14-28-45)52(68-38-44-25-11-3-12-26-44)50(73-62)41-67-37-43-23-9-2-10-24-43/h2-36,50-57,61-62H,37-42H2,1H3/t50-,51-,52-,53-,54+,55+,56+,57+,61+,62+/m1/s1. The predicted octanol–water partition coefficient (Wildman–Crippen LogP) is 9.75. The molecule has 2 saturated heterocycles. The number of esters is 3. The van der Waals surface area contributed by atoms with Crippen molar-refractivity contribution in [2.75, 3.05) is 20.3 Å². The summed E-state index contributed by atoms with van der Waals surface area (Å²) in [4.78, 5) is 42.3. The quantitative estimate of drug-likeness (QED) is 0.0441. The monoisotopic (exact) mass is 1030 g/mol. The van der Waals surface area contributed by atoms with Crippen LogP contribution in [0.15, 0.2) is 212 Å². The zero-order chi connectivity index (χ0) is 52.3. The van der Waals surface area contributed by atoms with Crippen molar-refractivity contribution in [3.05, 3.63) is 251 Å². The highest BCUT2D eigenvalue weighted by Crippen LogP contribution is 2.35. The molecule has 2 heterocycles. The van der Waals surface area contributed by atoms with Gasteiger partial charge in [0.1, 0.15) is 30.5 Å². The molecule has 0 bridgehead atoms. The molecule has 14 heteroatoms. The van der Waals surface area contributed by atoms with Crippen LogP contribution in [0.4, 0.5) is 0 Å². The number of carbonyl (C=O) groups excluding carboxylic acids is 3. The van der Waals surface area contributed by atoms with E-state index < -0.39 is 79.3 Å². The highest BCUT2D eigenvalue weighted by atomic mass is 16.8. The normalized spacial score (nSPS) is 23.2. The molecule has 392 valence electrons. The molecule has 76 heavy (non-hydrogen) atoms. The van der Waals surface area contributed by atoms with Gasteiger partial charge in [0.2, 0.25) is 0 Å². The molecule has 0 amide bonds. The Labute approximate surface area is 442 Å². The first-order valence-corrected chi connectivity index (χ1v) is 25.2. The third-order valence-electron chi connectivity index (χ3n) is 12.8. The van der Waals surface area contributed by atoms with Crippen molar-refractivity contribution in [3.63, 3.8) is 0 Å². The maximum absolute atomic E-state index is 14.2. The molecule has 0 aliphatic carbocycles.